The Bertz CT molecular complexity index is 1710. The van der Waals surface area contributed by atoms with E-state index in [0.29, 0.717) is 5.56 Å². The second-order valence-electron chi connectivity index (χ2n) is 10.6. The molecular formula is C27H27F3N2O8S. The van der Waals surface area contributed by atoms with Crippen LogP contribution in [-0.4, -0.2) is 55.0 Å². The van der Waals surface area contributed by atoms with Crippen molar-refractivity contribution in [2.45, 2.75) is 49.9 Å². The van der Waals surface area contributed by atoms with Gasteiger partial charge in [0.25, 0.3) is 11.5 Å². The topological polar surface area (TPSA) is 141 Å². The lowest BCUT2D eigenvalue weighted by Gasteiger charge is -2.30. The van der Waals surface area contributed by atoms with Crippen LogP contribution in [0.4, 0.5) is 13.2 Å². The first kappa shape index (κ1) is 29.9. The molecule has 4 rings (SSSR count). The Balaban J connectivity index is 1.83. The number of alkyl halides is 3. The summed E-state index contributed by atoms with van der Waals surface area (Å²) in [5.74, 6) is -2.79. The van der Waals surface area contributed by atoms with E-state index < -0.39 is 68.5 Å². The van der Waals surface area contributed by atoms with E-state index in [-0.39, 0.29) is 34.6 Å². The average molecular weight is 597 g/mol. The standard InChI is InChI=1S/C27H27F3N2O8S/c1-26(2,3)40-20(33)12-31-24(35)21-23(34)18-10-17(41(4,37)38)11-19-22(18)32(25(21)36)16(13-39-19)9-14-5-7-15(8-6-14)27(28,29)30/h5-8,10-11,16,34H,9,12-13H2,1-4H3,(H,31,35). The van der Waals surface area contributed by atoms with Gasteiger partial charge in [0.2, 0.25) is 0 Å². The Morgan fingerprint density at radius 3 is 2.34 bits per heavy atom. The molecule has 1 amide bonds. The molecule has 1 aromatic heterocycles. The van der Waals surface area contributed by atoms with Crippen molar-refractivity contribution in [2.24, 2.45) is 0 Å². The molecule has 1 aliphatic heterocycles. The molecule has 41 heavy (non-hydrogen) atoms. The number of halogens is 3. The molecule has 0 radical (unpaired) electrons. The summed E-state index contributed by atoms with van der Waals surface area (Å²) in [6.07, 6.45) is -3.60. The number of hydrogen-bond acceptors (Lipinski definition) is 8. The number of sulfone groups is 1. The van der Waals surface area contributed by atoms with E-state index in [4.69, 9.17) is 9.47 Å². The first-order chi connectivity index (χ1) is 18.9. The van der Waals surface area contributed by atoms with Crippen LogP contribution in [0.25, 0.3) is 10.9 Å². The third-order valence-corrected chi connectivity index (χ3v) is 7.32. The second kappa shape index (κ2) is 10.4. The van der Waals surface area contributed by atoms with E-state index in [0.717, 1.165) is 29.0 Å². The van der Waals surface area contributed by atoms with Gasteiger partial charge in [0.05, 0.1) is 22.0 Å². The van der Waals surface area contributed by atoms with Crippen LogP contribution in [-0.2, 0) is 32.0 Å². The normalized spacial score (nSPS) is 15.3. The van der Waals surface area contributed by atoms with Gasteiger partial charge in [-0.2, -0.15) is 13.2 Å². The Labute approximate surface area is 232 Å². The molecule has 3 aromatic rings. The molecule has 220 valence electrons. The lowest BCUT2D eigenvalue weighted by Crippen LogP contribution is -2.40. The van der Waals surface area contributed by atoms with Crippen LogP contribution in [0, 0.1) is 0 Å². The minimum absolute atomic E-state index is 0.00412. The van der Waals surface area contributed by atoms with Gasteiger partial charge in [-0.05, 0) is 51.0 Å². The molecule has 0 saturated carbocycles. The Morgan fingerprint density at radius 2 is 1.78 bits per heavy atom. The van der Waals surface area contributed by atoms with Gasteiger partial charge in [-0.3, -0.25) is 19.0 Å². The van der Waals surface area contributed by atoms with E-state index in [1.54, 1.807) is 20.8 Å². The molecule has 0 saturated heterocycles. The van der Waals surface area contributed by atoms with E-state index in [1.165, 1.54) is 18.2 Å². The molecule has 0 spiro atoms. The largest absolute Gasteiger partial charge is 0.506 e. The van der Waals surface area contributed by atoms with Gasteiger partial charge in [-0.1, -0.05) is 12.1 Å². The highest BCUT2D eigenvalue weighted by molar-refractivity contribution is 7.90. The monoisotopic (exact) mass is 596 g/mol. The van der Waals surface area contributed by atoms with Gasteiger partial charge in [-0.25, -0.2) is 8.42 Å². The summed E-state index contributed by atoms with van der Waals surface area (Å²) in [5.41, 5.74) is -2.99. The Hall–Kier alpha value is -4.07. The molecule has 1 unspecified atom stereocenters. The van der Waals surface area contributed by atoms with Crippen LogP contribution in [0.15, 0.2) is 46.1 Å². The molecule has 0 bridgehead atoms. The number of pyridine rings is 1. The summed E-state index contributed by atoms with van der Waals surface area (Å²) in [5, 5.41) is 13.1. The summed E-state index contributed by atoms with van der Waals surface area (Å²) < 4.78 is 75.7. The van der Waals surface area contributed by atoms with Crippen molar-refractivity contribution < 1.29 is 45.8 Å². The fourth-order valence-corrected chi connectivity index (χ4v) is 5.13. The molecule has 2 N–H and O–H groups in total. The number of hydrogen-bond donors (Lipinski definition) is 2. The van der Waals surface area contributed by atoms with Crippen LogP contribution >= 0.6 is 0 Å². The molecule has 14 heteroatoms. The first-order valence-corrected chi connectivity index (χ1v) is 14.2. The summed E-state index contributed by atoms with van der Waals surface area (Å²) in [4.78, 5) is 38.7. The predicted molar refractivity (Wildman–Crippen MR) is 141 cm³/mol. The number of carbonyl (C=O) groups is 2. The van der Waals surface area contributed by atoms with E-state index >= 15 is 0 Å². The molecule has 0 aliphatic carbocycles. The van der Waals surface area contributed by atoms with E-state index in [2.05, 4.69) is 5.32 Å². The summed E-state index contributed by atoms with van der Waals surface area (Å²) in [7, 11) is -3.82. The molecule has 2 heterocycles. The number of benzene rings is 2. The molecule has 1 aliphatic rings. The number of carbonyl (C=O) groups excluding carboxylic acids is 2. The third-order valence-electron chi connectivity index (χ3n) is 6.23. The van der Waals surface area contributed by atoms with Crippen molar-refractivity contribution in [3.05, 3.63) is 63.4 Å². The second-order valence-corrected chi connectivity index (χ2v) is 12.6. The molecular weight excluding hydrogens is 569 g/mol. The van der Waals surface area contributed by atoms with Gasteiger partial charge in [0.1, 0.15) is 35.8 Å². The van der Waals surface area contributed by atoms with Crippen LogP contribution in [0.3, 0.4) is 0 Å². The molecule has 1 atom stereocenters. The van der Waals surface area contributed by atoms with E-state index in [9.17, 15) is 41.1 Å². The number of aromatic nitrogens is 1. The Morgan fingerprint density at radius 1 is 1.15 bits per heavy atom. The third kappa shape index (κ3) is 6.32. The zero-order valence-corrected chi connectivity index (χ0v) is 23.3. The van der Waals surface area contributed by atoms with Crippen LogP contribution in [0.5, 0.6) is 11.5 Å². The smallest absolute Gasteiger partial charge is 0.416 e. The fourth-order valence-electron chi connectivity index (χ4n) is 4.48. The zero-order chi connectivity index (χ0) is 30.5. The summed E-state index contributed by atoms with van der Waals surface area (Å²) >= 11 is 0. The average Bonchev–Trinajstić information content (AvgIpc) is 2.84. The Kier molecular flexibility index (Phi) is 7.58. The van der Waals surface area contributed by atoms with Crippen LogP contribution in [0.1, 0.15) is 48.3 Å². The number of ether oxygens (including phenoxy) is 2. The van der Waals surface area contributed by atoms with Crippen molar-refractivity contribution in [1.29, 1.82) is 0 Å². The lowest BCUT2D eigenvalue weighted by molar-refractivity contribution is -0.153. The van der Waals surface area contributed by atoms with Gasteiger partial charge in [-0.15, -0.1) is 0 Å². The maximum Gasteiger partial charge on any atom is 0.416 e. The van der Waals surface area contributed by atoms with Gasteiger partial charge < -0.3 is 19.9 Å². The van der Waals surface area contributed by atoms with Crippen molar-refractivity contribution in [3.8, 4) is 11.5 Å². The number of nitrogens with zero attached hydrogens (tertiary/aromatic N) is 1. The molecule has 10 nitrogen and oxygen atoms in total. The maximum absolute atomic E-state index is 13.7. The predicted octanol–water partition coefficient (Wildman–Crippen LogP) is 3.38. The van der Waals surface area contributed by atoms with Crippen molar-refractivity contribution in [3.63, 3.8) is 0 Å². The number of aromatic hydroxyl groups is 1. The van der Waals surface area contributed by atoms with Crippen molar-refractivity contribution in [1.82, 2.24) is 9.88 Å². The van der Waals surface area contributed by atoms with Gasteiger partial charge in [0, 0.05) is 17.7 Å². The minimum Gasteiger partial charge on any atom is -0.506 e. The number of amides is 1. The van der Waals surface area contributed by atoms with Crippen LogP contribution < -0.4 is 15.6 Å². The minimum atomic E-state index is -4.54. The maximum atomic E-state index is 13.7. The van der Waals surface area contributed by atoms with Crippen molar-refractivity contribution in [2.75, 3.05) is 19.4 Å². The van der Waals surface area contributed by atoms with Gasteiger partial charge in [0.15, 0.2) is 9.84 Å². The highest BCUT2D eigenvalue weighted by Crippen LogP contribution is 2.40. The number of esters is 1. The highest BCUT2D eigenvalue weighted by Gasteiger charge is 2.33. The summed E-state index contributed by atoms with van der Waals surface area (Å²) in [6, 6.07) is 5.73. The van der Waals surface area contributed by atoms with Gasteiger partial charge >= 0.3 is 12.1 Å². The highest BCUT2D eigenvalue weighted by atomic mass is 32.2. The number of rotatable bonds is 6. The van der Waals surface area contributed by atoms with Crippen molar-refractivity contribution >= 4 is 32.6 Å². The lowest BCUT2D eigenvalue weighted by atomic mass is 10.0. The SMILES string of the molecule is CC(C)(C)OC(=O)CNC(=O)c1c(O)c2cc(S(C)(=O)=O)cc3c2n(c1=O)C(Cc1ccc(C(F)(F)F)cc1)CO3. The molecule has 0 fully saturated rings. The summed E-state index contributed by atoms with van der Waals surface area (Å²) in [6.45, 7) is 4.04. The molecule has 2 aromatic carbocycles. The first-order valence-electron chi connectivity index (χ1n) is 12.3. The number of nitrogens with one attached hydrogen (secondary N) is 1. The zero-order valence-electron chi connectivity index (χ0n) is 22.5. The van der Waals surface area contributed by atoms with E-state index in [1.807, 2.05) is 0 Å². The fraction of sp³-hybridized carbons (Fsp3) is 0.370. The quantitative estimate of drug-likeness (QED) is 0.413. The van der Waals surface area contributed by atoms with Crippen LogP contribution in [0.2, 0.25) is 0 Å².